The van der Waals surface area contributed by atoms with Gasteiger partial charge in [-0.15, -0.1) is 0 Å². The molecule has 0 spiro atoms. The Morgan fingerprint density at radius 2 is 1.88 bits per heavy atom. The Morgan fingerprint density at radius 1 is 1.23 bits per heavy atom. The van der Waals surface area contributed by atoms with Crippen LogP contribution < -0.4 is 10.6 Å². The molecular formula is C17H25F2N5O2. The molecule has 0 radical (unpaired) electrons. The van der Waals surface area contributed by atoms with Crippen LogP contribution in [0.5, 0.6) is 0 Å². The summed E-state index contributed by atoms with van der Waals surface area (Å²) < 4.78 is 30.8. The molecule has 0 aliphatic carbocycles. The van der Waals surface area contributed by atoms with Crippen molar-refractivity contribution in [2.45, 2.75) is 50.8 Å². The molecule has 0 saturated carbocycles. The molecule has 2 saturated heterocycles. The van der Waals surface area contributed by atoms with Gasteiger partial charge in [0.1, 0.15) is 6.10 Å². The maximum Gasteiger partial charge on any atom is 0.266 e. The predicted molar refractivity (Wildman–Crippen MR) is 91.9 cm³/mol. The van der Waals surface area contributed by atoms with Gasteiger partial charge < -0.3 is 20.3 Å². The van der Waals surface area contributed by atoms with Crippen molar-refractivity contribution in [1.29, 1.82) is 0 Å². The summed E-state index contributed by atoms with van der Waals surface area (Å²) in [6.07, 6.45) is 1.69. The third-order valence-corrected chi connectivity index (χ3v) is 4.85. The Labute approximate surface area is 151 Å². The zero-order valence-corrected chi connectivity index (χ0v) is 14.9. The number of ether oxygens (including phenoxy) is 1. The van der Waals surface area contributed by atoms with Crippen LogP contribution in [0.4, 0.5) is 14.7 Å². The number of piperidine rings is 1. The van der Waals surface area contributed by atoms with Gasteiger partial charge in [-0.2, -0.15) is 0 Å². The fraction of sp³-hybridized carbons (Fsp3) is 0.706. The number of anilines is 1. The van der Waals surface area contributed by atoms with E-state index in [0.29, 0.717) is 38.6 Å². The van der Waals surface area contributed by atoms with Crippen LogP contribution in [0.25, 0.3) is 0 Å². The summed E-state index contributed by atoms with van der Waals surface area (Å²) >= 11 is 0. The number of alkyl halides is 2. The summed E-state index contributed by atoms with van der Waals surface area (Å²) in [5, 5.41) is 0. The van der Waals surface area contributed by atoms with Crippen molar-refractivity contribution in [2.75, 3.05) is 31.1 Å². The van der Waals surface area contributed by atoms with Crippen LogP contribution >= 0.6 is 0 Å². The highest BCUT2D eigenvalue weighted by atomic mass is 19.3. The molecular weight excluding hydrogens is 344 g/mol. The smallest absolute Gasteiger partial charge is 0.266 e. The Bertz CT molecular complexity index is 606. The number of halogens is 2. The SMILES string of the molecule is C[C@H](N)COC1CCN(C2CCN(c3ncc(C(F)F)cn3)CC2)C1=O. The molecule has 1 aromatic heterocycles. The van der Waals surface area contributed by atoms with Gasteiger partial charge in [0.05, 0.1) is 12.2 Å². The van der Waals surface area contributed by atoms with Gasteiger partial charge >= 0.3 is 0 Å². The zero-order valence-electron chi connectivity index (χ0n) is 14.9. The first-order chi connectivity index (χ1) is 12.5. The third kappa shape index (κ3) is 4.27. The highest BCUT2D eigenvalue weighted by Gasteiger charge is 2.38. The van der Waals surface area contributed by atoms with Crippen LogP contribution in [0.2, 0.25) is 0 Å². The molecule has 1 unspecified atom stereocenters. The van der Waals surface area contributed by atoms with Gasteiger partial charge in [-0.3, -0.25) is 4.79 Å². The minimum Gasteiger partial charge on any atom is -0.367 e. The lowest BCUT2D eigenvalue weighted by atomic mass is 10.0. The molecule has 0 bridgehead atoms. The van der Waals surface area contributed by atoms with E-state index in [1.807, 2.05) is 16.7 Å². The number of likely N-dealkylation sites (tertiary alicyclic amines) is 1. The minimum atomic E-state index is -2.56. The molecule has 0 aromatic carbocycles. The molecule has 3 heterocycles. The second-order valence-corrected chi connectivity index (χ2v) is 6.95. The van der Waals surface area contributed by atoms with Crippen LogP contribution in [-0.4, -0.2) is 65.2 Å². The van der Waals surface area contributed by atoms with Crippen LogP contribution in [-0.2, 0) is 9.53 Å². The summed E-state index contributed by atoms with van der Waals surface area (Å²) in [4.78, 5) is 24.5. The highest BCUT2D eigenvalue weighted by molar-refractivity contribution is 5.83. The van der Waals surface area contributed by atoms with E-state index in [1.54, 1.807) is 0 Å². The van der Waals surface area contributed by atoms with Crippen molar-refractivity contribution in [3.63, 3.8) is 0 Å². The van der Waals surface area contributed by atoms with E-state index in [1.165, 1.54) is 12.4 Å². The lowest BCUT2D eigenvalue weighted by Gasteiger charge is -2.36. The van der Waals surface area contributed by atoms with Gasteiger partial charge in [0.15, 0.2) is 0 Å². The zero-order chi connectivity index (χ0) is 18.7. The number of aromatic nitrogens is 2. The molecule has 2 N–H and O–H groups in total. The summed E-state index contributed by atoms with van der Waals surface area (Å²) in [6.45, 7) is 4.31. The van der Waals surface area contributed by atoms with Gasteiger partial charge in [-0.25, -0.2) is 18.7 Å². The molecule has 144 valence electrons. The van der Waals surface area contributed by atoms with E-state index in [9.17, 15) is 13.6 Å². The van der Waals surface area contributed by atoms with E-state index in [-0.39, 0.29) is 29.7 Å². The number of hydrogen-bond acceptors (Lipinski definition) is 6. The van der Waals surface area contributed by atoms with E-state index in [4.69, 9.17) is 10.5 Å². The molecule has 3 rings (SSSR count). The Balaban J connectivity index is 1.51. The summed E-state index contributed by atoms with van der Waals surface area (Å²) in [7, 11) is 0. The summed E-state index contributed by atoms with van der Waals surface area (Å²) in [5.41, 5.74) is 5.50. The fourth-order valence-electron chi connectivity index (χ4n) is 3.44. The van der Waals surface area contributed by atoms with E-state index < -0.39 is 6.43 Å². The van der Waals surface area contributed by atoms with Gasteiger partial charge in [0, 0.05) is 50.5 Å². The molecule has 26 heavy (non-hydrogen) atoms. The molecule has 2 aliphatic heterocycles. The fourth-order valence-corrected chi connectivity index (χ4v) is 3.44. The minimum absolute atomic E-state index is 0.0432. The lowest BCUT2D eigenvalue weighted by molar-refractivity contribution is -0.139. The number of nitrogens with zero attached hydrogens (tertiary/aromatic N) is 4. The topological polar surface area (TPSA) is 84.6 Å². The maximum absolute atomic E-state index is 12.6. The number of hydrogen-bond donors (Lipinski definition) is 1. The van der Waals surface area contributed by atoms with Gasteiger partial charge in [0.25, 0.3) is 12.3 Å². The van der Waals surface area contributed by atoms with Gasteiger partial charge in [-0.05, 0) is 19.8 Å². The van der Waals surface area contributed by atoms with E-state index in [2.05, 4.69) is 9.97 Å². The molecule has 1 aromatic rings. The van der Waals surface area contributed by atoms with Crippen molar-refractivity contribution in [2.24, 2.45) is 5.73 Å². The lowest BCUT2D eigenvalue weighted by Crippen LogP contribution is -2.47. The average molecular weight is 369 g/mol. The van der Waals surface area contributed by atoms with Gasteiger partial charge in [0.2, 0.25) is 5.95 Å². The molecule has 2 aliphatic rings. The second kappa shape index (κ2) is 8.22. The highest BCUT2D eigenvalue weighted by Crippen LogP contribution is 2.26. The van der Waals surface area contributed by atoms with Crippen LogP contribution in [0.1, 0.15) is 38.2 Å². The Kier molecular flexibility index (Phi) is 5.98. The van der Waals surface area contributed by atoms with Crippen LogP contribution in [0, 0.1) is 0 Å². The molecule has 2 atom stereocenters. The number of nitrogens with two attached hydrogens (primary N) is 1. The van der Waals surface area contributed by atoms with E-state index >= 15 is 0 Å². The first-order valence-corrected chi connectivity index (χ1v) is 8.98. The Morgan fingerprint density at radius 3 is 2.46 bits per heavy atom. The standard InChI is InChI=1S/C17H25F2N5O2/c1-11(20)10-26-14-4-7-24(16(14)25)13-2-5-23(6-3-13)17-21-8-12(9-22-17)15(18)19/h8-9,11,13-15H,2-7,10,20H2,1H3/t11-,14?/m0/s1. The van der Waals surface area contributed by atoms with Crippen molar-refractivity contribution in [3.05, 3.63) is 18.0 Å². The maximum atomic E-state index is 12.6. The third-order valence-electron chi connectivity index (χ3n) is 4.85. The second-order valence-electron chi connectivity index (χ2n) is 6.95. The van der Waals surface area contributed by atoms with Crippen molar-refractivity contribution in [3.8, 4) is 0 Å². The number of carbonyl (C=O) groups excluding carboxylic acids is 1. The molecule has 7 nitrogen and oxygen atoms in total. The first-order valence-electron chi connectivity index (χ1n) is 8.98. The average Bonchev–Trinajstić information content (AvgIpc) is 3.01. The molecule has 9 heteroatoms. The quantitative estimate of drug-likeness (QED) is 0.815. The Hall–Kier alpha value is -1.87. The summed E-state index contributed by atoms with van der Waals surface area (Å²) in [5.74, 6) is 0.500. The molecule has 1 amide bonds. The first kappa shape index (κ1) is 18.9. The normalized spacial score (nSPS) is 23.1. The van der Waals surface area contributed by atoms with Crippen molar-refractivity contribution < 1.29 is 18.3 Å². The van der Waals surface area contributed by atoms with E-state index in [0.717, 1.165) is 12.8 Å². The molecule has 2 fully saturated rings. The van der Waals surface area contributed by atoms with Crippen LogP contribution in [0.3, 0.4) is 0 Å². The van der Waals surface area contributed by atoms with Crippen LogP contribution in [0.15, 0.2) is 12.4 Å². The van der Waals surface area contributed by atoms with Crippen molar-refractivity contribution >= 4 is 11.9 Å². The van der Waals surface area contributed by atoms with Crippen molar-refractivity contribution in [1.82, 2.24) is 14.9 Å². The summed E-state index contributed by atoms with van der Waals surface area (Å²) in [6, 6.07) is 0.0829. The monoisotopic (exact) mass is 369 g/mol. The van der Waals surface area contributed by atoms with Gasteiger partial charge in [-0.1, -0.05) is 0 Å². The predicted octanol–water partition coefficient (Wildman–Crippen LogP) is 1.35. The largest absolute Gasteiger partial charge is 0.367 e. The number of carbonyl (C=O) groups is 1. The number of amides is 1. The number of rotatable bonds is 6.